The zero-order chi connectivity index (χ0) is 13.4. The highest BCUT2D eigenvalue weighted by Crippen LogP contribution is 2.45. The third-order valence-corrected chi connectivity index (χ3v) is 6.88. The fourth-order valence-electron chi connectivity index (χ4n) is 2.63. The van der Waals surface area contributed by atoms with Crippen molar-refractivity contribution in [2.24, 2.45) is 5.92 Å². The molecule has 1 aromatic rings. The second-order valence-electron chi connectivity index (χ2n) is 4.80. The van der Waals surface area contributed by atoms with E-state index in [0.29, 0.717) is 10.6 Å². The van der Waals surface area contributed by atoms with E-state index in [2.05, 4.69) is 0 Å². The van der Waals surface area contributed by atoms with Gasteiger partial charge in [0.15, 0.2) is 0 Å². The Morgan fingerprint density at radius 2 is 1.84 bits per heavy atom. The molecule has 0 saturated carbocycles. The zero-order valence-corrected chi connectivity index (χ0v) is 12.7. The molecule has 102 valence electrons. The quantitative estimate of drug-likeness (QED) is 0.802. The standard InChI is InChI=1S/C14H17NO2S2/c1-9-12(14-18-7-8-19-14)15(13(9)16)10-3-5-11(17-2)6-4-10/h3-6,9,12,14H,7-8H2,1-2H3/t9-,12-/m1/s1. The Morgan fingerprint density at radius 1 is 1.21 bits per heavy atom. The fraction of sp³-hybridized carbons (Fsp3) is 0.500. The van der Waals surface area contributed by atoms with E-state index < -0.39 is 0 Å². The molecule has 2 aliphatic heterocycles. The number of carbonyl (C=O) groups excluding carboxylic acids is 1. The maximum atomic E-state index is 12.2. The number of benzene rings is 1. The summed E-state index contributed by atoms with van der Waals surface area (Å²) in [5.41, 5.74) is 0.988. The SMILES string of the molecule is COc1ccc(N2C(=O)[C@H](C)[C@@H]2C2SCCS2)cc1. The highest BCUT2D eigenvalue weighted by Gasteiger charge is 2.50. The van der Waals surface area contributed by atoms with Crippen molar-refractivity contribution in [2.75, 3.05) is 23.5 Å². The van der Waals surface area contributed by atoms with Crippen LogP contribution in [0.3, 0.4) is 0 Å². The Kier molecular flexibility index (Phi) is 3.67. The van der Waals surface area contributed by atoms with E-state index in [1.54, 1.807) is 7.11 Å². The summed E-state index contributed by atoms with van der Waals surface area (Å²) in [6.45, 7) is 2.05. The average Bonchev–Trinajstić information content (AvgIpc) is 2.97. The number of nitrogens with zero attached hydrogens (tertiary/aromatic N) is 1. The van der Waals surface area contributed by atoms with Crippen LogP contribution in [0.1, 0.15) is 6.92 Å². The number of thioether (sulfide) groups is 2. The van der Waals surface area contributed by atoms with E-state index in [4.69, 9.17) is 4.74 Å². The summed E-state index contributed by atoms with van der Waals surface area (Å²) >= 11 is 3.97. The molecule has 19 heavy (non-hydrogen) atoms. The molecule has 0 bridgehead atoms. The van der Waals surface area contributed by atoms with E-state index in [-0.39, 0.29) is 11.8 Å². The number of hydrogen-bond donors (Lipinski definition) is 0. The monoisotopic (exact) mass is 295 g/mol. The van der Waals surface area contributed by atoms with Crippen LogP contribution in [0, 0.1) is 5.92 Å². The number of anilines is 1. The van der Waals surface area contributed by atoms with Crippen LogP contribution in [0.5, 0.6) is 5.75 Å². The first-order valence-corrected chi connectivity index (χ1v) is 8.52. The van der Waals surface area contributed by atoms with Gasteiger partial charge in [-0.2, -0.15) is 0 Å². The molecular formula is C14H17NO2S2. The topological polar surface area (TPSA) is 29.5 Å². The summed E-state index contributed by atoms with van der Waals surface area (Å²) in [7, 11) is 1.65. The lowest BCUT2D eigenvalue weighted by Crippen LogP contribution is -2.63. The summed E-state index contributed by atoms with van der Waals surface area (Å²) in [4.78, 5) is 14.1. The van der Waals surface area contributed by atoms with Crippen molar-refractivity contribution in [1.29, 1.82) is 0 Å². The molecule has 0 radical (unpaired) electrons. The number of ether oxygens (including phenoxy) is 1. The van der Waals surface area contributed by atoms with E-state index in [1.165, 1.54) is 11.5 Å². The molecule has 0 aliphatic carbocycles. The van der Waals surface area contributed by atoms with E-state index in [1.807, 2.05) is 59.6 Å². The van der Waals surface area contributed by atoms with Crippen molar-refractivity contribution in [3.8, 4) is 5.75 Å². The van der Waals surface area contributed by atoms with Gasteiger partial charge in [0, 0.05) is 17.2 Å². The Labute approximate surface area is 122 Å². The van der Waals surface area contributed by atoms with Crippen molar-refractivity contribution >= 4 is 35.1 Å². The number of methoxy groups -OCH3 is 1. The third kappa shape index (κ3) is 2.23. The highest BCUT2D eigenvalue weighted by molar-refractivity contribution is 8.20. The van der Waals surface area contributed by atoms with Crippen molar-refractivity contribution in [3.05, 3.63) is 24.3 Å². The van der Waals surface area contributed by atoms with Crippen LogP contribution in [0.4, 0.5) is 5.69 Å². The Hall–Kier alpha value is -0.810. The minimum atomic E-state index is 0.144. The molecule has 3 rings (SSSR count). The highest BCUT2D eigenvalue weighted by atomic mass is 32.2. The summed E-state index contributed by atoms with van der Waals surface area (Å²) in [6.07, 6.45) is 0. The molecule has 0 unspecified atom stereocenters. The van der Waals surface area contributed by atoms with Gasteiger partial charge in [-0.15, -0.1) is 23.5 Å². The van der Waals surface area contributed by atoms with Crippen LogP contribution in [0.15, 0.2) is 24.3 Å². The van der Waals surface area contributed by atoms with Crippen LogP contribution in [-0.4, -0.2) is 35.1 Å². The van der Waals surface area contributed by atoms with Crippen LogP contribution in [0.2, 0.25) is 0 Å². The van der Waals surface area contributed by atoms with Crippen molar-refractivity contribution in [3.63, 3.8) is 0 Å². The molecule has 2 atom stereocenters. The van der Waals surface area contributed by atoms with Gasteiger partial charge in [0.2, 0.25) is 5.91 Å². The minimum Gasteiger partial charge on any atom is -0.497 e. The maximum Gasteiger partial charge on any atom is 0.232 e. The van der Waals surface area contributed by atoms with Crippen LogP contribution >= 0.6 is 23.5 Å². The lowest BCUT2D eigenvalue weighted by Gasteiger charge is -2.48. The van der Waals surface area contributed by atoms with E-state index in [0.717, 1.165) is 11.4 Å². The second-order valence-corrected chi connectivity index (χ2v) is 7.59. The lowest BCUT2D eigenvalue weighted by atomic mass is 9.89. The molecular weight excluding hydrogens is 278 g/mol. The number of β-lactam (4-membered cyclic amide) rings is 1. The molecule has 3 nitrogen and oxygen atoms in total. The van der Waals surface area contributed by atoms with Gasteiger partial charge in [-0.3, -0.25) is 4.79 Å². The van der Waals surface area contributed by atoms with Gasteiger partial charge in [0.25, 0.3) is 0 Å². The van der Waals surface area contributed by atoms with Crippen molar-refractivity contribution in [1.82, 2.24) is 0 Å². The Bertz CT molecular complexity index is 471. The van der Waals surface area contributed by atoms with Crippen LogP contribution in [-0.2, 0) is 4.79 Å². The van der Waals surface area contributed by atoms with E-state index >= 15 is 0 Å². The second kappa shape index (κ2) is 5.29. The summed E-state index contributed by atoms with van der Waals surface area (Å²) in [5.74, 6) is 3.60. The smallest absolute Gasteiger partial charge is 0.232 e. The van der Waals surface area contributed by atoms with Gasteiger partial charge in [-0.25, -0.2) is 0 Å². The lowest BCUT2D eigenvalue weighted by molar-refractivity contribution is -0.128. The zero-order valence-electron chi connectivity index (χ0n) is 11.0. The molecule has 2 fully saturated rings. The molecule has 0 N–H and O–H groups in total. The number of amides is 1. The third-order valence-electron chi connectivity index (χ3n) is 3.71. The van der Waals surface area contributed by atoms with Crippen molar-refractivity contribution in [2.45, 2.75) is 17.5 Å². The van der Waals surface area contributed by atoms with Gasteiger partial charge in [0.1, 0.15) is 5.75 Å². The average molecular weight is 295 g/mol. The normalized spacial score (nSPS) is 27.5. The van der Waals surface area contributed by atoms with Gasteiger partial charge in [-0.05, 0) is 24.3 Å². The van der Waals surface area contributed by atoms with Crippen LogP contribution in [0.25, 0.3) is 0 Å². The molecule has 2 saturated heterocycles. The number of rotatable bonds is 3. The van der Waals surface area contributed by atoms with Crippen molar-refractivity contribution < 1.29 is 9.53 Å². The summed E-state index contributed by atoms with van der Waals surface area (Å²) < 4.78 is 5.69. The van der Waals surface area contributed by atoms with Crippen LogP contribution < -0.4 is 9.64 Å². The predicted octanol–water partition coefficient (Wildman–Crippen LogP) is 2.85. The summed E-state index contributed by atoms with van der Waals surface area (Å²) in [6, 6.07) is 8.10. The summed E-state index contributed by atoms with van der Waals surface area (Å²) in [5, 5.41) is 0. The Morgan fingerprint density at radius 3 is 2.42 bits per heavy atom. The first-order chi connectivity index (χ1) is 9.22. The van der Waals surface area contributed by atoms with E-state index in [9.17, 15) is 4.79 Å². The number of carbonyl (C=O) groups is 1. The van der Waals surface area contributed by atoms with Gasteiger partial charge < -0.3 is 9.64 Å². The molecule has 1 amide bonds. The maximum absolute atomic E-state index is 12.2. The van der Waals surface area contributed by atoms with Gasteiger partial charge in [-0.1, -0.05) is 6.92 Å². The van der Waals surface area contributed by atoms with Gasteiger partial charge >= 0.3 is 0 Å². The Balaban J connectivity index is 1.82. The largest absolute Gasteiger partial charge is 0.497 e. The first kappa shape index (κ1) is 13.2. The molecule has 0 aromatic heterocycles. The molecule has 5 heteroatoms. The fourth-order valence-corrected chi connectivity index (χ4v) is 5.93. The minimum absolute atomic E-state index is 0.144. The molecule has 0 spiro atoms. The molecule has 1 aromatic carbocycles. The first-order valence-electron chi connectivity index (χ1n) is 6.42. The molecule has 2 aliphatic rings. The van der Waals surface area contributed by atoms with Gasteiger partial charge in [0.05, 0.1) is 23.7 Å². The number of hydrogen-bond acceptors (Lipinski definition) is 4. The predicted molar refractivity (Wildman–Crippen MR) is 82.1 cm³/mol. The molecule has 2 heterocycles.